The molecule has 0 unspecified atom stereocenters. The minimum atomic E-state index is -2.23. The van der Waals surface area contributed by atoms with Crippen LogP contribution in [0, 0.1) is 22.7 Å². The van der Waals surface area contributed by atoms with Gasteiger partial charge in [0.25, 0.3) is 0 Å². The molecule has 0 amide bonds. The van der Waals surface area contributed by atoms with Crippen LogP contribution in [0.5, 0.6) is 0 Å². The molecule has 0 saturated heterocycles. The summed E-state index contributed by atoms with van der Waals surface area (Å²) in [6.07, 6.45) is 0.509. The lowest BCUT2D eigenvalue weighted by Crippen LogP contribution is -2.70. The molecule has 0 heterocycles. The summed E-state index contributed by atoms with van der Waals surface area (Å²) in [5.74, 6) is -2.63. The highest BCUT2D eigenvalue weighted by atomic mass is 19.1. The van der Waals surface area contributed by atoms with Gasteiger partial charge in [-0.25, -0.2) is 8.78 Å². The van der Waals surface area contributed by atoms with Crippen LogP contribution in [-0.2, 0) is 9.59 Å². The molecule has 0 aliphatic heterocycles. The predicted octanol–water partition coefficient (Wildman–Crippen LogP) is 1.60. The summed E-state index contributed by atoms with van der Waals surface area (Å²) in [5, 5.41) is 31.4. The monoisotopic (exact) mass is 396 g/mol. The Hall–Kier alpha value is -1.44. The number of carbonyl (C=O) groups is 2. The van der Waals surface area contributed by atoms with E-state index in [1.807, 2.05) is 0 Å². The number of rotatable bonds is 2. The molecule has 7 heteroatoms. The van der Waals surface area contributed by atoms with Crippen LogP contribution < -0.4 is 0 Å². The second-order valence-corrected chi connectivity index (χ2v) is 9.34. The van der Waals surface area contributed by atoms with E-state index in [4.69, 9.17) is 0 Å². The van der Waals surface area contributed by atoms with Crippen LogP contribution >= 0.6 is 0 Å². The fourth-order valence-corrected chi connectivity index (χ4v) is 6.80. The summed E-state index contributed by atoms with van der Waals surface area (Å²) in [6.45, 7) is 2.29. The largest absolute Gasteiger partial charge is 0.390 e. The molecular formula is C21H26F2O5. The first-order chi connectivity index (χ1) is 13.0. The predicted molar refractivity (Wildman–Crippen MR) is 95.7 cm³/mol. The second kappa shape index (κ2) is 5.80. The second-order valence-electron chi connectivity index (χ2n) is 9.34. The topological polar surface area (TPSA) is 94.8 Å². The molecule has 0 spiro atoms. The van der Waals surface area contributed by atoms with Gasteiger partial charge in [0.05, 0.1) is 6.10 Å². The molecular weight excluding hydrogens is 370 g/mol. The third-order valence-electron chi connectivity index (χ3n) is 8.39. The number of ketones is 2. The lowest BCUT2D eigenvalue weighted by molar-refractivity contribution is -0.221. The Morgan fingerprint density at radius 1 is 1.32 bits per heavy atom. The Morgan fingerprint density at radius 3 is 2.64 bits per heavy atom. The first kappa shape index (κ1) is 19.9. The molecule has 0 aromatic carbocycles. The Labute approximate surface area is 162 Å². The number of allylic oxidation sites excluding steroid dienone is 4. The maximum atomic E-state index is 16.7. The third kappa shape index (κ3) is 2.05. The normalized spacial score (nSPS) is 52.5. The van der Waals surface area contributed by atoms with E-state index in [1.54, 1.807) is 6.92 Å². The third-order valence-corrected chi connectivity index (χ3v) is 8.39. The molecule has 3 saturated carbocycles. The number of alkyl halides is 2. The van der Waals surface area contributed by atoms with E-state index in [1.165, 1.54) is 19.1 Å². The molecule has 0 aromatic heterocycles. The van der Waals surface area contributed by atoms with Crippen molar-refractivity contribution in [3.63, 3.8) is 0 Å². The summed E-state index contributed by atoms with van der Waals surface area (Å²) in [6, 6.07) is 0. The van der Waals surface area contributed by atoms with E-state index in [9.17, 15) is 24.9 Å². The summed E-state index contributed by atoms with van der Waals surface area (Å²) in [4.78, 5) is 24.1. The zero-order valence-corrected chi connectivity index (χ0v) is 16.0. The first-order valence-corrected chi connectivity index (χ1v) is 9.78. The Kier molecular flexibility index (Phi) is 4.11. The SMILES string of the molecule is C[C@]12C=CC(=O)C=C1[C@@H](F)C[C@H]1[C@@H]3CC[C@](O)(C(=O)CO)[C@@]3(C)C[C@H](O)[C@]12F. The molecule has 5 nitrogen and oxygen atoms in total. The number of hydrogen-bond acceptors (Lipinski definition) is 5. The summed E-state index contributed by atoms with van der Waals surface area (Å²) >= 11 is 0. The number of fused-ring (bicyclic) bond motifs is 5. The molecule has 0 aromatic rings. The number of hydrogen-bond donors (Lipinski definition) is 3. The van der Waals surface area contributed by atoms with Gasteiger partial charge in [-0.2, -0.15) is 0 Å². The highest BCUT2D eigenvalue weighted by Crippen LogP contribution is 2.69. The van der Waals surface area contributed by atoms with Crippen LogP contribution in [0.3, 0.4) is 0 Å². The van der Waals surface area contributed by atoms with Gasteiger partial charge in [-0.1, -0.05) is 13.0 Å². The number of Topliss-reactive ketones (excluding diaryl/α,β-unsaturated/α-hetero) is 1. The van der Waals surface area contributed by atoms with Crippen molar-refractivity contribution in [2.24, 2.45) is 22.7 Å². The number of aliphatic hydroxyl groups excluding tert-OH is 2. The average Bonchev–Trinajstić information content (AvgIpc) is 2.91. The van der Waals surface area contributed by atoms with Gasteiger partial charge in [0.1, 0.15) is 18.4 Å². The number of aliphatic hydroxyl groups is 3. The van der Waals surface area contributed by atoms with Gasteiger partial charge in [0, 0.05) is 16.7 Å². The maximum absolute atomic E-state index is 16.7. The van der Waals surface area contributed by atoms with Gasteiger partial charge < -0.3 is 15.3 Å². The standard InChI is InChI=1S/C21H26F2O5/c1-18-5-3-11(25)7-14(18)15(22)8-13-12-4-6-20(28,17(27)10-24)19(12,2)9-16(26)21(13,18)23/h3,5,7,12-13,15-16,24,26,28H,4,6,8-10H2,1-2H3/t12-,13-,15-,16-,18-,19-,20-,21+/m0/s1. The number of halogens is 2. The van der Waals surface area contributed by atoms with Crippen LogP contribution in [0.4, 0.5) is 8.78 Å². The molecule has 0 bridgehead atoms. The van der Waals surface area contributed by atoms with Crippen molar-refractivity contribution in [1.29, 1.82) is 0 Å². The molecule has 3 fully saturated rings. The summed E-state index contributed by atoms with van der Waals surface area (Å²) in [7, 11) is 0. The zero-order valence-electron chi connectivity index (χ0n) is 16.0. The zero-order chi connectivity index (χ0) is 20.7. The highest BCUT2D eigenvalue weighted by Gasteiger charge is 2.75. The van der Waals surface area contributed by atoms with Crippen LogP contribution in [0.1, 0.15) is 39.5 Å². The Bertz CT molecular complexity index is 809. The highest BCUT2D eigenvalue weighted by molar-refractivity contribution is 6.01. The molecule has 3 N–H and O–H groups in total. The van der Waals surface area contributed by atoms with E-state index in [0.717, 1.165) is 6.08 Å². The fourth-order valence-electron chi connectivity index (χ4n) is 6.80. The van der Waals surface area contributed by atoms with Crippen molar-refractivity contribution in [3.8, 4) is 0 Å². The van der Waals surface area contributed by atoms with Crippen molar-refractivity contribution < 1.29 is 33.7 Å². The Morgan fingerprint density at radius 2 is 2.00 bits per heavy atom. The van der Waals surface area contributed by atoms with Gasteiger partial charge in [0.2, 0.25) is 0 Å². The number of carbonyl (C=O) groups excluding carboxylic acids is 2. The Balaban J connectivity index is 1.84. The van der Waals surface area contributed by atoms with Crippen LogP contribution in [0.15, 0.2) is 23.8 Å². The lowest BCUT2D eigenvalue weighted by atomic mass is 9.44. The van der Waals surface area contributed by atoms with Crippen molar-refractivity contribution >= 4 is 11.6 Å². The summed E-state index contributed by atoms with van der Waals surface area (Å²) < 4.78 is 31.9. The molecule has 4 rings (SSSR count). The van der Waals surface area contributed by atoms with E-state index in [0.29, 0.717) is 6.42 Å². The first-order valence-electron chi connectivity index (χ1n) is 9.78. The smallest absolute Gasteiger partial charge is 0.190 e. The van der Waals surface area contributed by atoms with E-state index in [2.05, 4.69) is 0 Å². The molecule has 4 aliphatic carbocycles. The van der Waals surface area contributed by atoms with Gasteiger partial charge in [-0.3, -0.25) is 9.59 Å². The van der Waals surface area contributed by atoms with Crippen LogP contribution in [-0.4, -0.2) is 57.0 Å². The maximum Gasteiger partial charge on any atom is 0.190 e. The average molecular weight is 396 g/mol. The van der Waals surface area contributed by atoms with Crippen molar-refractivity contribution in [1.82, 2.24) is 0 Å². The molecule has 4 aliphatic rings. The fraction of sp³-hybridized carbons (Fsp3) is 0.714. The minimum absolute atomic E-state index is 0.0392. The van der Waals surface area contributed by atoms with Gasteiger partial charge >= 0.3 is 0 Å². The van der Waals surface area contributed by atoms with Gasteiger partial charge in [-0.15, -0.1) is 0 Å². The molecule has 154 valence electrons. The van der Waals surface area contributed by atoms with E-state index in [-0.39, 0.29) is 24.8 Å². The minimum Gasteiger partial charge on any atom is -0.390 e. The van der Waals surface area contributed by atoms with Gasteiger partial charge in [0.15, 0.2) is 17.2 Å². The van der Waals surface area contributed by atoms with Gasteiger partial charge in [-0.05, 0) is 56.3 Å². The molecule has 0 radical (unpaired) electrons. The van der Waals surface area contributed by atoms with Crippen molar-refractivity contribution in [2.75, 3.05) is 6.61 Å². The lowest BCUT2D eigenvalue weighted by Gasteiger charge is -2.63. The van der Waals surface area contributed by atoms with Crippen molar-refractivity contribution in [3.05, 3.63) is 23.8 Å². The van der Waals surface area contributed by atoms with Crippen LogP contribution in [0.25, 0.3) is 0 Å². The van der Waals surface area contributed by atoms with Crippen LogP contribution in [0.2, 0.25) is 0 Å². The molecule has 28 heavy (non-hydrogen) atoms. The van der Waals surface area contributed by atoms with Crippen molar-refractivity contribution in [2.45, 2.75) is 63.1 Å². The molecule has 8 atom stereocenters. The van der Waals surface area contributed by atoms with E-state index < -0.39 is 64.4 Å². The summed E-state index contributed by atoms with van der Waals surface area (Å²) in [5.41, 5.74) is -6.71. The quantitative estimate of drug-likeness (QED) is 0.659. The van der Waals surface area contributed by atoms with E-state index >= 15 is 8.78 Å².